The van der Waals surface area contributed by atoms with Crippen molar-refractivity contribution in [3.8, 4) is 0 Å². The van der Waals surface area contributed by atoms with E-state index in [4.69, 9.17) is 0 Å². The highest BCUT2D eigenvalue weighted by Gasteiger charge is 2.32. The Hall–Kier alpha value is -1.08. The van der Waals surface area contributed by atoms with Gasteiger partial charge in [-0.05, 0) is 34.1 Å². The van der Waals surface area contributed by atoms with Crippen LogP contribution < -0.4 is 0 Å². The molecule has 1 rings (SSSR count). The van der Waals surface area contributed by atoms with Crippen molar-refractivity contribution >= 4 is 21.8 Å². The summed E-state index contributed by atoms with van der Waals surface area (Å²) < 4.78 is 37.7. The lowest BCUT2D eigenvalue weighted by Crippen LogP contribution is -2.26. The van der Waals surface area contributed by atoms with Crippen LogP contribution in [0.15, 0.2) is 22.7 Å². The second-order valence-electron chi connectivity index (χ2n) is 3.18. The van der Waals surface area contributed by atoms with Crippen molar-refractivity contribution < 1.29 is 22.8 Å². The minimum Gasteiger partial charge on any atom is -0.274 e. The second-order valence-corrected chi connectivity index (χ2v) is 4.03. The highest BCUT2D eigenvalue weighted by molar-refractivity contribution is 9.10. The molecule has 0 saturated heterocycles. The summed E-state index contributed by atoms with van der Waals surface area (Å²) >= 11 is 3.02. The lowest BCUT2D eigenvalue weighted by atomic mass is 10.1. The maximum atomic E-state index is 12.5. The smallest absolute Gasteiger partial charge is 0.274 e. The molecule has 0 aromatic heterocycles. The van der Waals surface area contributed by atoms with Crippen LogP contribution in [0, 0.1) is 0 Å². The van der Waals surface area contributed by atoms with E-state index >= 15 is 0 Å². The zero-order valence-corrected chi connectivity index (χ0v) is 10.6. The van der Waals surface area contributed by atoms with Crippen LogP contribution >= 0.6 is 15.9 Å². The Morgan fingerprint density at radius 1 is 1.41 bits per heavy atom. The molecule has 0 heterocycles. The molecule has 1 aromatic carbocycles. The molecule has 0 unspecified atom stereocenters. The number of carbonyl (C=O) groups excluding carboxylic acids is 1. The van der Waals surface area contributed by atoms with Gasteiger partial charge in [-0.3, -0.25) is 9.63 Å². The summed E-state index contributed by atoms with van der Waals surface area (Å²) in [7, 11) is 2.56. The number of benzene rings is 1. The largest absolute Gasteiger partial charge is 0.416 e. The van der Waals surface area contributed by atoms with Gasteiger partial charge < -0.3 is 0 Å². The Morgan fingerprint density at radius 2 is 2.00 bits per heavy atom. The van der Waals surface area contributed by atoms with E-state index < -0.39 is 17.6 Å². The molecule has 1 amide bonds. The van der Waals surface area contributed by atoms with Gasteiger partial charge in [0, 0.05) is 11.5 Å². The van der Waals surface area contributed by atoms with Gasteiger partial charge in [-0.25, -0.2) is 5.06 Å². The number of nitrogens with zero attached hydrogens (tertiary/aromatic N) is 1. The van der Waals surface area contributed by atoms with Crippen LogP contribution in [0.1, 0.15) is 15.9 Å². The average molecular weight is 312 g/mol. The fourth-order valence-corrected chi connectivity index (χ4v) is 1.53. The highest BCUT2D eigenvalue weighted by atomic mass is 79.9. The fraction of sp³-hybridized carbons (Fsp3) is 0.300. The van der Waals surface area contributed by atoms with Gasteiger partial charge in [-0.15, -0.1) is 0 Å². The quantitative estimate of drug-likeness (QED) is 0.785. The van der Waals surface area contributed by atoms with Crippen molar-refractivity contribution in [3.63, 3.8) is 0 Å². The average Bonchev–Trinajstić information content (AvgIpc) is 2.26. The molecule has 0 aliphatic rings. The predicted octanol–water partition coefficient (Wildman–Crippen LogP) is 3.10. The molecule has 3 nitrogen and oxygen atoms in total. The number of amides is 1. The van der Waals surface area contributed by atoms with Gasteiger partial charge in [0.15, 0.2) is 0 Å². The monoisotopic (exact) mass is 311 g/mol. The van der Waals surface area contributed by atoms with Gasteiger partial charge in [-0.2, -0.15) is 13.2 Å². The number of halogens is 4. The number of rotatable bonds is 2. The Labute approximate surface area is 104 Å². The van der Waals surface area contributed by atoms with E-state index in [1.807, 2.05) is 0 Å². The molecule has 0 fully saturated rings. The molecule has 0 aliphatic heterocycles. The second kappa shape index (κ2) is 5.05. The molecule has 0 aliphatic carbocycles. The Bertz CT molecular complexity index is 434. The van der Waals surface area contributed by atoms with Gasteiger partial charge in [0.05, 0.1) is 18.2 Å². The first kappa shape index (κ1) is 14.0. The van der Waals surface area contributed by atoms with E-state index in [-0.39, 0.29) is 10.0 Å². The molecule has 0 N–H and O–H groups in total. The van der Waals surface area contributed by atoms with Gasteiger partial charge in [0.1, 0.15) is 0 Å². The molecular weight excluding hydrogens is 303 g/mol. The van der Waals surface area contributed by atoms with Crippen LogP contribution in [-0.4, -0.2) is 25.1 Å². The summed E-state index contributed by atoms with van der Waals surface area (Å²) in [5, 5.41) is 0.847. The third-order valence-corrected chi connectivity index (χ3v) is 2.78. The molecule has 0 atom stereocenters. The van der Waals surface area contributed by atoms with Crippen LogP contribution in [0.25, 0.3) is 0 Å². The van der Waals surface area contributed by atoms with Crippen molar-refractivity contribution in [3.05, 3.63) is 33.8 Å². The molecule has 0 radical (unpaired) electrons. The first-order valence-corrected chi connectivity index (χ1v) is 5.25. The molecule has 7 heteroatoms. The van der Waals surface area contributed by atoms with Crippen molar-refractivity contribution in [1.82, 2.24) is 5.06 Å². The van der Waals surface area contributed by atoms with Gasteiger partial charge in [0.2, 0.25) is 0 Å². The minimum atomic E-state index is -4.48. The van der Waals surface area contributed by atoms with Crippen LogP contribution in [0.2, 0.25) is 0 Å². The molecule has 0 bridgehead atoms. The molecular formula is C10H9BrF3NO2. The van der Waals surface area contributed by atoms with E-state index in [1.54, 1.807) is 0 Å². The Kier molecular flexibility index (Phi) is 4.16. The maximum Gasteiger partial charge on any atom is 0.416 e. The fourth-order valence-electron chi connectivity index (χ4n) is 1.12. The first-order valence-electron chi connectivity index (χ1n) is 4.46. The summed E-state index contributed by atoms with van der Waals surface area (Å²) in [6, 6.07) is 2.86. The zero-order valence-electron chi connectivity index (χ0n) is 9.01. The maximum absolute atomic E-state index is 12.5. The normalized spacial score (nSPS) is 11.4. The third kappa shape index (κ3) is 3.19. The molecule has 17 heavy (non-hydrogen) atoms. The Morgan fingerprint density at radius 3 is 2.47 bits per heavy atom. The zero-order chi connectivity index (χ0) is 13.2. The standard InChI is InChI=1S/C10H9BrF3NO2/c1-15(17-2)9(16)7-5-6(10(12,13)14)3-4-8(7)11/h3-5H,1-2H3. The topological polar surface area (TPSA) is 29.5 Å². The van der Waals surface area contributed by atoms with Crippen LogP contribution in [-0.2, 0) is 11.0 Å². The van der Waals surface area contributed by atoms with Crippen LogP contribution in [0.5, 0.6) is 0 Å². The van der Waals surface area contributed by atoms with Crippen molar-refractivity contribution in [2.45, 2.75) is 6.18 Å². The summed E-state index contributed by atoms with van der Waals surface area (Å²) in [5.74, 6) is -0.662. The van der Waals surface area contributed by atoms with Gasteiger partial charge >= 0.3 is 6.18 Å². The van der Waals surface area contributed by atoms with E-state index in [9.17, 15) is 18.0 Å². The number of hydrogen-bond acceptors (Lipinski definition) is 2. The van der Waals surface area contributed by atoms with Gasteiger partial charge in [0.25, 0.3) is 5.91 Å². The number of carbonyl (C=O) groups is 1. The Balaban J connectivity index is 3.20. The SMILES string of the molecule is CON(C)C(=O)c1cc(C(F)(F)F)ccc1Br. The van der Waals surface area contributed by atoms with Crippen LogP contribution in [0.3, 0.4) is 0 Å². The molecule has 94 valence electrons. The van der Waals surface area contributed by atoms with E-state index in [1.165, 1.54) is 20.2 Å². The number of hydroxylamine groups is 2. The van der Waals surface area contributed by atoms with Gasteiger partial charge in [-0.1, -0.05) is 0 Å². The van der Waals surface area contributed by atoms with Crippen LogP contribution in [0.4, 0.5) is 13.2 Å². The van der Waals surface area contributed by atoms with Crippen molar-refractivity contribution in [2.24, 2.45) is 0 Å². The lowest BCUT2D eigenvalue weighted by molar-refractivity contribution is -0.137. The summed E-state index contributed by atoms with van der Waals surface area (Å²) in [5.41, 5.74) is -0.988. The summed E-state index contributed by atoms with van der Waals surface area (Å²) in [4.78, 5) is 16.3. The molecule has 0 saturated carbocycles. The third-order valence-electron chi connectivity index (χ3n) is 2.08. The molecule has 0 spiro atoms. The number of hydrogen-bond donors (Lipinski definition) is 0. The molecule has 1 aromatic rings. The lowest BCUT2D eigenvalue weighted by Gasteiger charge is -2.16. The van der Waals surface area contributed by atoms with E-state index in [0.717, 1.165) is 17.2 Å². The number of alkyl halides is 3. The summed E-state index contributed by atoms with van der Waals surface area (Å²) in [6.45, 7) is 0. The predicted molar refractivity (Wildman–Crippen MR) is 58.2 cm³/mol. The van der Waals surface area contributed by atoms with E-state index in [0.29, 0.717) is 0 Å². The highest BCUT2D eigenvalue weighted by Crippen LogP contribution is 2.32. The first-order chi connectivity index (χ1) is 7.77. The van der Waals surface area contributed by atoms with Crippen molar-refractivity contribution in [2.75, 3.05) is 14.2 Å². The minimum absolute atomic E-state index is 0.107. The summed E-state index contributed by atoms with van der Waals surface area (Å²) in [6.07, 6.45) is -4.48. The van der Waals surface area contributed by atoms with E-state index in [2.05, 4.69) is 20.8 Å². The van der Waals surface area contributed by atoms with Crippen molar-refractivity contribution in [1.29, 1.82) is 0 Å².